The number of hydrogen-bond donors (Lipinski definition) is 0. The highest BCUT2D eigenvalue weighted by atomic mass is 32.2. The molecule has 0 spiro atoms. The van der Waals surface area contributed by atoms with E-state index in [1.807, 2.05) is 24.3 Å². The zero-order valence-electron chi connectivity index (χ0n) is 13.9. The standard InChI is InChI=1S/C19H17NO4S/c1-23-15-9-10-17(24-2)14(11-15)12-20-16-7-3-5-13-6-4-8-18(19(13)16)25(20,21)22/h3-11H,12H2,1-2H3. The van der Waals surface area contributed by atoms with Crippen LogP contribution >= 0.6 is 0 Å². The number of rotatable bonds is 4. The third-order valence-electron chi connectivity index (χ3n) is 4.48. The molecular formula is C19H17NO4S. The monoisotopic (exact) mass is 355 g/mol. The zero-order valence-corrected chi connectivity index (χ0v) is 14.7. The van der Waals surface area contributed by atoms with Crippen LogP contribution in [0.25, 0.3) is 10.8 Å². The van der Waals surface area contributed by atoms with Crippen molar-refractivity contribution in [2.24, 2.45) is 0 Å². The maximum Gasteiger partial charge on any atom is 0.265 e. The molecule has 0 N–H and O–H groups in total. The van der Waals surface area contributed by atoms with Crippen LogP contribution in [0.4, 0.5) is 5.69 Å². The van der Waals surface area contributed by atoms with Gasteiger partial charge in [0.05, 0.1) is 31.3 Å². The van der Waals surface area contributed by atoms with Crippen LogP contribution < -0.4 is 13.8 Å². The molecule has 0 radical (unpaired) electrons. The molecule has 1 heterocycles. The van der Waals surface area contributed by atoms with Crippen LogP contribution in [0, 0.1) is 0 Å². The molecule has 1 aliphatic heterocycles. The minimum Gasteiger partial charge on any atom is -0.497 e. The van der Waals surface area contributed by atoms with E-state index in [4.69, 9.17) is 9.47 Å². The Balaban J connectivity index is 1.87. The topological polar surface area (TPSA) is 55.8 Å². The van der Waals surface area contributed by atoms with Gasteiger partial charge in [0.1, 0.15) is 11.5 Å². The number of nitrogens with zero attached hydrogens (tertiary/aromatic N) is 1. The molecule has 4 rings (SSSR count). The molecule has 5 nitrogen and oxygen atoms in total. The molecule has 0 aromatic heterocycles. The van der Waals surface area contributed by atoms with Crippen molar-refractivity contribution in [1.82, 2.24) is 0 Å². The van der Waals surface area contributed by atoms with Gasteiger partial charge < -0.3 is 9.47 Å². The van der Waals surface area contributed by atoms with Crippen molar-refractivity contribution in [2.75, 3.05) is 18.5 Å². The molecule has 0 atom stereocenters. The number of sulfonamides is 1. The molecule has 0 saturated carbocycles. The largest absolute Gasteiger partial charge is 0.497 e. The van der Waals surface area contributed by atoms with Gasteiger partial charge in [-0.2, -0.15) is 0 Å². The minimum absolute atomic E-state index is 0.177. The molecule has 3 aromatic rings. The predicted molar refractivity (Wildman–Crippen MR) is 96.9 cm³/mol. The predicted octanol–water partition coefficient (Wildman–Crippen LogP) is 3.57. The van der Waals surface area contributed by atoms with Crippen LogP contribution in [0.15, 0.2) is 59.5 Å². The summed E-state index contributed by atoms with van der Waals surface area (Å²) >= 11 is 0. The second-order valence-electron chi connectivity index (χ2n) is 5.82. The van der Waals surface area contributed by atoms with Crippen LogP contribution in [0.5, 0.6) is 11.5 Å². The smallest absolute Gasteiger partial charge is 0.265 e. The van der Waals surface area contributed by atoms with E-state index in [0.717, 1.165) is 16.3 Å². The average Bonchev–Trinajstić information content (AvgIpc) is 2.85. The molecule has 6 heteroatoms. The van der Waals surface area contributed by atoms with E-state index in [2.05, 4.69) is 0 Å². The Morgan fingerprint density at radius 3 is 2.44 bits per heavy atom. The summed E-state index contributed by atoms with van der Waals surface area (Å²) < 4.78 is 38.3. The van der Waals surface area contributed by atoms with E-state index in [9.17, 15) is 8.42 Å². The summed E-state index contributed by atoms with van der Waals surface area (Å²) in [5.74, 6) is 1.28. The van der Waals surface area contributed by atoms with Crippen molar-refractivity contribution in [3.63, 3.8) is 0 Å². The van der Waals surface area contributed by atoms with Crippen molar-refractivity contribution in [3.8, 4) is 11.5 Å². The quantitative estimate of drug-likeness (QED) is 0.718. The molecule has 25 heavy (non-hydrogen) atoms. The van der Waals surface area contributed by atoms with Gasteiger partial charge in [-0.25, -0.2) is 8.42 Å². The third-order valence-corrected chi connectivity index (χ3v) is 6.28. The SMILES string of the molecule is COc1ccc(OC)c(CN2c3cccc4cccc(c34)S2(=O)=O)c1. The zero-order chi connectivity index (χ0) is 17.6. The van der Waals surface area contributed by atoms with Gasteiger partial charge in [0, 0.05) is 10.9 Å². The van der Waals surface area contributed by atoms with Gasteiger partial charge in [-0.1, -0.05) is 24.3 Å². The lowest BCUT2D eigenvalue weighted by Gasteiger charge is -2.20. The molecule has 0 unspecified atom stereocenters. The lowest BCUT2D eigenvalue weighted by molar-refractivity contribution is 0.399. The van der Waals surface area contributed by atoms with Gasteiger partial charge in [0.2, 0.25) is 0 Å². The molecule has 1 aliphatic rings. The van der Waals surface area contributed by atoms with Gasteiger partial charge >= 0.3 is 0 Å². The van der Waals surface area contributed by atoms with E-state index in [-0.39, 0.29) is 6.54 Å². The summed E-state index contributed by atoms with van der Waals surface area (Å²) in [6, 6.07) is 16.4. The van der Waals surface area contributed by atoms with Crippen molar-refractivity contribution in [3.05, 3.63) is 60.2 Å². The number of benzene rings is 3. The normalized spacial score (nSPS) is 14.7. The Kier molecular flexibility index (Phi) is 3.58. The molecule has 0 fully saturated rings. The summed E-state index contributed by atoms with van der Waals surface area (Å²) in [6.45, 7) is 0.177. The van der Waals surface area contributed by atoms with Crippen molar-refractivity contribution < 1.29 is 17.9 Å². The fourth-order valence-electron chi connectivity index (χ4n) is 3.29. The molecule has 0 saturated heterocycles. The van der Waals surface area contributed by atoms with Gasteiger partial charge in [0.15, 0.2) is 0 Å². The van der Waals surface area contributed by atoms with Crippen molar-refractivity contribution >= 4 is 26.5 Å². The number of ether oxygens (including phenoxy) is 2. The minimum atomic E-state index is -3.60. The fraction of sp³-hybridized carbons (Fsp3) is 0.158. The van der Waals surface area contributed by atoms with Gasteiger partial charge in [-0.3, -0.25) is 4.31 Å². The van der Waals surface area contributed by atoms with Crippen LogP contribution in [0.2, 0.25) is 0 Å². The Bertz CT molecular complexity index is 1070. The second-order valence-corrected chi connectivity index (χ2v) is 7.65. The third kappa shape index (κ3) is 2.33. The highest BCUT2D eigenvalue weighted by Gasteiger charge is 2.35. The molecule has 0 amide bonds. The summed E-state index contributed by atoms with van der Waals surface area (Å²) in [4.78, 5) is 0.350. The Labute approximate surface area is 146 Å². The highest BCUT2D eigenvalue weighted by Crippen LogP contribution is 2.43. The molecule has 128 valence electrons. The van der Waals surface area contributed by atoms with E-state index in [0.29, 0.717) is 22.1 Å². The Morgan fingerprint density at radius 2 is 1.72 bits per heavy atom. The maximum absolute atomic E-state index is 13.1. The maximum atomic E-state index is 13.1. The first-order chi connectivity index (χ1) is 12.1. The van der Waals surface area contributed by atoms with Gasteiger partial charge in [0.25, 0.3) is 10.0 Å². The summed E-state index contributed by atoms with van der Waals surface area (Å²) in [7, 11) is -0.457. The van der Waals surface area contributed by atoms with Crippen LogP contribution in [-0.2, 0) is 16.6 Å². The first kappa shape index (κ1) is 15.8. The molecule has 0 bridgehead atoms. The van der Waals surface area contributed by atoms with E-state index in [1.165, 1.54) is 4.31 Å². The molecular weight excluding hydrogens is 338 g/mol. The number of anilines is 1. The van der Waals surface area contributed by atoms with Gasteiger partial charge in [-0.05, 0) is 35.7 Å². The summed E-state index contributed by atoms with van der Waals surface area (Å²) in [5.41, 5.74) is 1.44. The average molecular weight is 355 g/mol. The van der Waals surface area contributed by atoms with Crippen LogP contribution in [-0.4, -0.2) is 22.6 Å². The summed E-state index contributed by atoms with van der Waals surface area (Å²) in [5, 5.41) is 1.69. The van der Waals surface area contributed by atoms with E-state index >= 15 is 0 Å². The fourth-order valence-corrected chi connectivity index (χ4v) is 4.98. The van der Waals surface area contributed by atoms with E-state index in [1.54, 1.807) is 44.6 Å². The van der Waals surface area contributed by atoms with E-state index < -0.39 is 10.0 Å². The summed E-state index contributed by atoms with van der Waals surface area (Å²) in [6.07, 6.45) is 0. The Hall–Kier alpha value is -2.73. The molecule has 0 aliphatic carbocycles. The Morgan fingerprint density at radius 1 is 0.960 bits per heavy atom. The molecule has 3 aromatic carbocycles. The van der Waals surface area contributed by atoms with Crippen LogP contribution in [0.3, 0.4) is 0 Å². The lowest BCUT2D eigenvalue weighted by atomic mass is 10.1. The van der Waals surface area contributed by atoms with Crippen LogP contribution in [0.1, 0.15) is 5.56 Å². The number of methoxy groups -OCH3 is 2. The second kappa shape index (κ2) is 5.67. The first-order valence-corrected chi connectivity index (χ1v) is 9.25. The van der Waals surface area contributed by atoms with Crippen molar-refractivity contribution in [1.29, 1.82) is 0 Å². The first-order valence-electron chi connectivity index (χ1n) is 7.81. The van der Waals surface area contributed by atoms with Crippen molar-refractivity contribution in [2.45, 2.75) is 11.4 Å². The van der Waals surface area contributed by atoms with Gasteiger partial charge in [-0.15, -0.1) is 0 Å². The highest BCUT2D eigenvalue weighted by molar-refractivity contribution is 7.93. The number of hydrogen-bond acceptors (Lipinski definition) is 4. The lowest BCUT2D eigenvalue weighted by Crippen LogP contribution is -2.26.